The molecule has 1 N–H and O–H groups in total. The van der Waals surface area contributed by atoms with Gasteiger partial charge < -0.3 is 0 Å². The van der Waals surface area contributed by atoms with E-state index in [2.05, 4.69) is 40.6 Å². The Balaban J connectivity index is 2.06. The fourth-order valence-corrected chi connectivity index (χ4v) is 2.61. The second kappa shape index (κ2) is 3.94. The summed E-state index contributed by atoms with van der Waals surface area (Å²) in [5.41, 5.74) is 2.34. The number of nitrogens with one attached hydrogen (secondary N) is 1. The summed E-state index contributed by atoms with van der Waals surface area (Å²) in [5.74, 6) is 0. The fraction of sp³-hybridized carbons (Fsp3) is 0. The van der Waals surface area contributed by atoms with Crippen LogP contribution in [0.2, 0.25) is 0 Å². The van der Waals surface area contributed by atoms with Gasteiger partial charge in [0.05, 0.1) is 16.4 Å². The van der Waals surface area contributed by atoms with E-state index in [9.17, 15) is 0 Å². The van der Waals surface area contributed by atoms with E-state index >= 15 is 0 Å². The molecule has 16 heavy (non-hydrogen) atoms. The summed E-state index contributed by atoms with van der Waals surface area (Å²) >= 11 is 1.76. The zero-order chi connectivity index (χ0) is 10.8. The molecule has 3 heteroatoms. The van der Waals surface area contributed by atoms with Gasteiger partial charge in [0.25, 0.3) is 0 Å². The number of hydrogen-bond donors (Lipinski definition) is 1. The lowest BCUT2D eigenvalue weighted by Gasteiger charge is -1.96. The van der Waals surface area contributed by atoms with Crippen molar-refractivity contribution in [2.24, 2.45) is 0 Å². The fourth-order valence-electron chi connectivity index (χ4n) is 1.62. The minimum Gasteiger partial charge on any atom is -0.277 e. The van der Waals surface area contributed by atoms with E-state index in [0.717, 1.165) is 5.52 Å². The standard InChI is InChI=1S/C13H10N2S/c1-2-4-6-10(7-5-3-1)12-8-11-13(16-12)9-14-15-11/h1-9H,(H,14,15)/b2-1?,3-1?,4-2?,5-3?,6-4-,7-5?,10-6?,10-7+. The molecule has 0 unspecified atom stereocenters. The minimum atomic E-state index is 1.11. The maximum Gasteiger partial charge on any atom is 0.0764 e. The lowest BCUT2D eigenvalue weighted by atomic mass is 10.1. The van der Waals surface area contributed by atoms with Crippen LogP contribution in [0, 0.1) is 0 Å². The molecule has 0 aliphatic heterocycles. The molecule has 0 saturated heterocycles. The van der Waals surface area contributed by atoms with Gasteiger partial charge in [-0.25, -0.2) is 0 Å². The topological polar surface area (TPSA) is 28.7 Å². The Kier molecular flexibility index (Phi) is 2.31. The summed E-state index contributed by atoms with van der Waals surface area (Å²) in [7, 11) is 0. The van der Waals surface area contributed by atoms with E-state index in [1.54, 1.807) is 11.3 Å². The summed E-state index contributed by atoms with van der Waals surface area (Å²) in [6.07, 6.45) is 16.3. The molecular formula is C13H10N2S. The van der Waals surface area contributed by atoms with Gasteiger partial charge in [-0.3, -0.25) is 5.10 Å². The summed E-state index contributed by atoms with van der Waals surface area (Å²) in [6, 6.07) is 2.14. The van der Waals surface area contributed by atoms with Gasteiger partial charge in [-0.1, -0.05) is 42.5 Å². The van der Waals surface area contributed by atoms with Crippen molar-refractivity contribution in [2.45, 2.75) is 0 Å². The first-order valence-electron chi connectivity index (χ1n) is 5.08. The largest absolute Gasteiger partial charge is 0.277 e. The van der Waals surface area contributed by atoms with Crippen molar-refractivity contribution in [3.8, 4) is 0 Å². The highest BCUT2D eigenvalue weighted by Gasteiger charge is 2.05. The van der Waals surface area contributed by atoms with E-state index in [-0.39, 0.29) is 0 Å². The molecule has 2 aromatic heterocycles. The third kappa shape index (κ3) is 1.66. The first-order chi connectivity index (χ1) is 7.93. The number of rotatable bonds is 1. The lowest BCUT2D eigenvalue weighted by Crippen LogP contribution is -1.75. The lowest BCUT2D eigenvalue weighted by molar-refractivity contribution is 1.12. The Hall–Kier alpha value is -1.87. The van der Waals surface area contributed by atoms with E-state index < -0.39 is 0 Å². The Morgan fingerprint density at radius 1 is 1.06 bits per heavy atom. The Morgan fingerprint density at radius 2 is 1.94 bits per heavy atom. The zero-order valence-corrected chi connectivity index (χ0v) is 9.37. The van der Waals surface area contributed by atoms with Crippen LogP contribution in [0.5, 0.6) is 0 Å². The van der Waals surface area contributed by atoms with Crippen LogP contribution in [0.1, 0.15) is 4.88 Å². The van der Waals surface area contributed by atoms with Crippen LogP contribution in [0.4, 0.5) is 0 Å². The molecule has 1 aliphatic rings. The van der Waals surface area contributed by atoms with Gasteiger partial charge in [0.15, 0.2) is 0 Å². The summed E-state index contributed by atoms with van der Waals surface area (Å²) in [6.45, 7) is 0. The second-order valence-electron chi connectivity index (χ2n) is 3.51. The average Bonchev–Trinajstić information content (AvgIpc) is 2.76. The Bertz CT molecular complexity index is 595. The van der Waals surface area contributed by atoms with Crippen molar-refractivity contribution < 1.29 is 0 Å². The molecule has 0 spiro atoms. The Labute approximate surface area is 97.3 Å². The van der Waals surface area contributed by atoms with Gasteiger partial charge in [-0.15, -0.1) is 11.3 Å². The number of allylic oxidation sites excluding steroid dienone is 8. The van der Waals surface area contributed by atoms with E-state index in [4.69, 9.17) is 0 Å². The molecule has 0 bridgehead atoms. The number of aromatic nitrogens is 2. The van der Waals surface area contributed by atoms with Gasteiger partial charge in [-0.05, 0) is 11.6 Å². The van der Waals surface area contributed by atoms with E-state index in [1.165, 1.54) is 15.2 Å². The molecular weight excluding hydrogens is 216 g/mol. The quantitative estimate of drug-likeness (QED) is 0.789. The summed E-state index contributed by atoms with van der Waals surface area (Å²) in [5, 5.41) is 6.99. The van der Waals surface area contributed by atoms with Crippen LogP contribution >= 0.6 is 11.3 Å². The van der Waals surface area contributed by atoms with Crippen molar-refractivity contribution in [1.82, 2.24) is 10.2 Å². The van der Waals surface area contributed by atoms with Crippen molar-refractivity contribution >= 4 is 27.1 Å². The number of thiophene rings is 1. The van der Waals surface area contributed by atoms with Gasteiger partial charge in [0, 0.05) is 4.88 Å². The molecule has 2 aromatic rings. The van der Waals surface area contributed by atoms with E-state index in [1.807, 2.05) is 24.4 Å². The van der Waals surface area contributed by atoms with Crippen molar-refractivity contribution in [3.05, 3.63) is 59.7 Å². The molecule has 0 amide bonds. The monoisotopic (exact) mass is 226 g/mol. The van der Waals surface area contributed by atoms with Crippen LogP contribution in [0.15, 0.2) is 54.8 Å². The molecule has 2 heterocycles. The molecule has 1 aliphatic carbocycles. The molecule has 0 saturated carbocycles. The van der Waals surface area contributed by atoms with Crippen molar-refractivity contribution in [2.75, 3.05) is 0 Å². The van der Waals surface area contributed by atoms with Gasteiger partial charge in [0.1, 0.15) is 0 Å². The highest BCUT2D eigenvalue weighted by atomic mass is 32.1. The third-order valence-electron chi connectivity index (χ3n) is 2.41. The normalized spacial score (nSPS) is 20.4. The summed E-state index contributed by atoms with van der Waals surface area (Å²) in [4.78, 5) is 1.26. The summed E-state index contributed by atoms with van der Waals surface area (Å²) < 4.78 is 1.20. The van der Waals surface area contributed by atoms with Crippen LogP contribution in [-0.2, 0) is 0 Å². The number of H-pyrrole nitrogens is 1. The molecule has 0 atom stereocenters. The van der Waals surface area contributed by atoms with Crippen LogP contribution in [0.3, 0.4) is 0 Å². The number of aromatic amines is 1. The zero-order valence-electron chi connectivity index (χ0n) is 8.55. The highest BCUT2D eigenvalue weighted by Crippen LogP contribution is 2.30. The number of hydrogen-bond acceptors (Lipinski definition) is 2. The molecule has 3 rings (SSSR count). The predicted octanol–water partition coefficient (Wildman–Crippen LogP) is 3.69. The number of fused-ring (bicyclic) bond motifs is 1. The second-order valence-corrected chi connectivity index (χ2v) is 4.59. The third-order valence-corrected chi connectivity index (χ3v) is 3.53. The van der Waals surface area contributed by atoms with Crippen LogP contribution < -0.4 is 0 Å². The van der Waals surface area contributed by atoms with Crippen LogP contribution in [-0.4, -0.2) is 10.2 Å². The van der Waals surface area contributed by atoms with E-state index in [0.29, 0.717) is 0 Å². The molecule has 0 radical (unpaired) electrons. The first-order valence-corrected chi connectivity index (χ1v) is 5.90. The average molecular weight is 226 g/mol. The van der Waals surface area contributed by atoms with Crippen LogP contribution in [0.25, 0.3) is 15.8 Å². The molecule has 78 valence electrons. The minimum absolute atomic E-state index is 1.11. The smallest absolute Gasteiger partial charge is 0.0764 e. The van der Waals surface area contributed by atoms with Crippen molar-refractivity contribution in [3.63, 3.8) is 0 Å². The SMILES string of the molecule is C1=C/C=C\C(c2cc3[nH]ncc3s2)=C/C=C1. The highest BCUT2D eigenvalue weighted by molar-refractivity contribution is 7.20. The molecule has 2 nitrogen and oxygen atoms in total. The predicted molar refractivity (Wildman–Crippen MR) is 69.4 cm³/mol. The molecule has 0 fully saturated rings. The first kappa shape index (κ1) is 9.36. The molecule has 0 aromatic carbocycles. The Morgan fingerprint density at radius 3 is 2.88 bits per heavy atom. The maximum absolute atomic E-state index is 4.00. The van der Waals surface area contributed by atoms with Gasteiger partial charge >= 0.3 is 0 Å². The number of nitrogens with zero attached hydrogens (tertiary/aromatic N) is 1. The van der Waals surface area contributed by atoms with Gasteiger partial charge in [-0.2, -0.15) is 5.10 Å². The van der Waals surface area contributed by atoms with Crippen molar-refractivity contribution in [1.29, 1.82) is 0 Å². The van der Waals surface area contributed by atoms with Gasteiger partial charge in [0.2, 0.25) is 0 Å². The maximum atomic E-state index is 4.00.